The Morgan fingerprint density at radius 2 is 1.78 bits per heavy atom. The van der Waals surface area contributed by atoms with Crippen LogP contribution in [0.4, 0.5) is 8.78 Å². The van der Waals surface area contributed by atoms with Crippen LogP contribution in [-0.4, -0.2) is 12.6 Å². The molecule has 1 aliphatic carbocycles. The van der Waals surface area contributed by atoms with Gasteiger partial charge in [0.05, 0.1) is 12.7 Å². The quantitative estimate of drug-likeness (QED) is 0.897. The van der Waals surface area contributed by atoms with Gasteiger partial charge in [0.1, 0.15) is 11.6 Å². The highest BCUT2D eigenvalue weighted by Crippen LogP contribution is 2.27. The molecule has 2 nitrogen and oxygen atoms in total. The fraction of sp³-hybridized carbons (Fsp3) is 0.571. The highest BCUT2D eigenvalue weighted by molar-refractivity contribution is 5.17. The summed E-state index contributed by atoms with van der Waals surface area (Å²) in [5.74, 6) is -0.752. The minimum atomic E-state index is -0.562. The van der Waals surface area contributed by atoms with Crippen molar-refractivity contribution in [1.82, 2.24) is 0 Å². The van der Waals surface area contributed by atoms with Gasteiger partial charge in [-0.25, -0.2) is 8.78 Å². The first-order valence-electron chi connectivity index (χ1n) is 6.45. The van der Waals surface area contributed by atoms with E-state index in [0.29, 0.717) is 18.0 Å². The molecule has 0 amide bonds. The second kappa shape index (κ2) is 6.25. The Bertz CT molecular complexity index is 377. The van der Waals surface area contributed by atoms with E-state index in [2.05, 4.69) is 0 Å². The van der Waals surface area contributed by atoms with E-state index in [1.165, 1.54) is 18.6 Å². The van der Waals surface area contributed by atoms with Crippen LogP contribution in [0.5, 0.6) is 0 Å². The zero-order valence-corrected chi connectivity index (χ0v) is 10.4. The molecule has 100 valence electrons. The zero-order chi connectivity index (χ0) is 13.0. The Kier molecular flexibility index (Phi) is 4.66. The molecule has 1 aliphatic rings. The number of rotatable bonds is 4. The van der Waals surface area contributed by atoms with Gasteiger partial charge in [0, 0.05) is 6.07 Å². The van der Waals surface area contributed by atoms with E-state index in [4.69, 9.17) is 10.5 Å². The van der Waals surface area contributed by atoms with Crippen molar-refractivity contribution in [3.63, 3.8) is 0 Å². The molecule has 2 atom stereocenters. The minimum Gasteiger partial charge on any atom is -0.373 e. The summed E-state index contributed by atoms with van der Waals surface area (Å²) in [4.78, 5) is 0. The predicted octanol–water partition coefficient (Wildman–Crippen LogP) is 3.00. The fourth-order valence-corrected chi connectivity index (χ4v) is 2.56. The van der Waals surface area contributed by atoms with Gasteiger partial charge < -0.3 is 10.5 Å². The van der Waals surface area contributed by atoms with Crippen molar-refractivity contribution < 1.29 is 13.5 Å². The molecule has 4 heteroatoms. The van der Waals surface area contributed by atoms with Gasteiger partial charge >= 0.3 is 0 Å². The first-order chi connectivity index (χ1) is 8.69. The van der Waals surface area contributed by atoms with E-state index in [1.807, 2.05) is 0 Å². The topological polar surface area (TPSA) is 35.2 Å². The average Bonchev–Trinajstić information content (AvgIpc) is 2.35. The third-order valence-electron chi connectivity index (χ3n) is 3.53. The van der Waals surface area contributed by atoms with Crippen LogP contribution < -0.4 is 5.73 Å². The van der Waals surface area contributed by atoms with Crippen molar-refractivity contribution in [2.24, 2.45) is 11.7 Å². The molecule has 0 bridgehead atoms. The SMILES string of the molecule is NCC1CCCCC1OCc1cc(F)cc(F)c1. The van der Waals surface area contributed by atoms with Gasteiger partial charge in [0.25, 0.3) is 0 Å². The van der Waals surface area contributed by atoms with Crippen molar-refractivity contribution >= 4 is 0 Å². The number of halogens is 2. The fourth-order valence-electron chi connectivity index (χ4n) is 2.56. The molecule has 2 rings (SSSR count). The van der Waals surface area contributed by atoms with Crippen molar-refractivity contribution in [1.29, 1.82) is 0 Å². The third-order valence-corrected chi connectivity index (χ3v) is 3.53. The van der Waals surface area contributed by atoms with Gasteiger partial charge in [0.15, 0.2) is 0 Å². The molecule has 1 aromatic rings. The molecule has 0 heterocycles. The minimum absolute atomic E-state index is 0.120. The van der Waals surface area contributed by atoms with E-state index in [1.54, 1.807) is 0 Å². The number of hydrogen-bond donors (Lipinski definition) is 1. The third kappa shape index (κ3) is 3.50. The van der Waals surface area contributed by atoms with Crippen LogP contribution in [0.2, 0.25) is 0 Å². The molecule has 0 radical (unpaired) electrons. The highest BCUT2D eigenvalue weighted by Gasteiger charge is 2.24. The van der Waals surface area contributed by atoms with Gasteiger partial charge in [-0.3, -0.25) is 0 Å². The van der Waals surface area contributed by atoms with E-state index >= 15 is 0 Å². The number of benzene rings is 1. The van der Waals surface area contributed by atoms with E-state index in [9.17, 15) is 8.78 Å². The van der Waals surface area contributed by atoms with E-state index in [-0.39, 0.29) is 12.7 Å². The summed E-state index contributed by atoms with van der Waals surface area (Å²) >= 11 is 0. The van der Waals surface area contributed by atoms with Gasteiger partial charge in [0.2, 0.25) is 0 Å². The maximum absolute atomic E-state index is 13.0. The Hall–Kier alpha value is -1.00. The highest BCUT2D eigenvalue weighted by atomic mass is 19.1. The second-order valence-corrected chi connectivity index (χ2v) is 4.91. The molecular weight excluding hydrogens is 236 g/mol. The molecule has 1 aromatic carbocycles. The molecule has 2 unspecified atom stereocenters. The maximum Gasteiger partial charge on any atom is 0.126 e. The smallest absolute Gasteiger partial charge is 0.126 e. The summed E-state index contributed by atoms with van der Waals surface area (Å²) in [6.45, 7) is 0.859. The van der Waals surface area contributed by atoms with Gasteiger partial charge in [-0.05, 0) is 43.0 Å². The summed E-state index contributed by atoms with van der Waals surface area (Å²) in [7, 11) is 0. The molecule has 2 N–H and O–H groups in total. The summed E-state index contributed by atoms with van der Waals surface area (Å²) in [6, 6.07) is 3.49. The lowest BCUT2D eigenvalue weighted by atomic mass is 9.86. The first kappa shape index (κ1) is 13.4. The average molecular weight is 255 g/mol. The Morgan fingerprint density at radius 3 is 2.44 bits per heavy atom. The lowest BCUT2D eigenvalue weighted by molar-refractivity contribution is -0.0184. The van der Waals surface area contributed by atoms with E-state index in [0.717, 1.165) is 25.3 Å². The van der Waals surface area contributed by atoms with Crippen molar-refractivity contribution in [2.45, 2.75) is 38.4 Å². The maximum atomic E-state index is 13.0. The van der Waals surface area contributed by atoms with Crippen LogP contribution in [0, 0.1) is 17.6 Å². The van der Waals surface area contributed by atoms with Gasteiger partial charge in [-0.15, -0.1) is 0 Å². The van der Waals surface area contributed by atoms with Crippen LogP contribution in [0.1, 0.15) is 31.2 Å². The summed E-state index contributed by atoms with van der Waals surface area (Å²) in [5.41, 5.74) is 6.25. The lowest BCUT2D eigenvalue weighted by Crippen LogP contribution is -2.33. The Balaban J connectivity index is 1.93. The van der Waals surface area contributed by atoms with Crippen molar-refractivity contribution in [2.75, 3.05) is 6.54 Å². The Labute approximate surface area is 106 Å². The van der Waals surface area contributed by atoms with Gasteiger partial charge in [-0.1, -0.05) is 12.8 Å². The standard InChI is InChI=1S/C14H19F2NO/c15-12-5-10(6-13(16)7-12)9-18-14-4-2-1-3-11(14)8-17/h5-7,11,14H,1-4,8-9,17H2. The van der Waals surface area contributed by atoms with Crippen molar-refractivity contribution in [3.05, 3.63) is 35.4 Å². The summed E-state index contributed by atoms with van der Waals surface area (Å²) < 4.78 is 31.8. The lowest BCUT2D eigenvalue weighted by Gasteiger charge is -2.30. The summed E-state index contributed by atoms with van der Waals surface area (Å²) in [6.07, 6.45) is 4.52. The Morgan fingerprint density at radius 1 is 1.11 bits per heavy atom. The molecule has 1 saturated carbocycles. The van der Waals surface area contributed by atoms with Crippen LogP contribution >= 0.6 is 0 Å². The van der Waals surface area contributed by atoms with Crippen LogP contribution in [0.3, 0.4) is 0 Å². The molecule has 18 heavy (non-hydrogen) atoms. The number of nitrogens with two attached hydrogens (primary N) is 1. The number of hydrogen-bond acceptors (Lipinski definition) is 2. The molecular formula is C14H19F2NO. The van der Waals surface area contributed by atoms with Crippen LogP contribution in [0.25, 0.3) is 0 Å². The first-order valence-corrected chi connectivity index (χ1v) is 6.45. The molecule has 0 spiro atoms. The van der Waals surface area contributed by atoms with Gasteiger partial charge in [-0.2, -0.15) is 0 Å². The van der Waals surface area contributed by atoms with E-state index < -0.39 is 11.6 Å². The monoisotopic (exact) mass is 255 g/mol. The molecule has 0 aromatic heterocycles. The molecule has 0 aliphatic heterocycles. The zero-order valence-electron chi connectivity index (χ0n) is 10.4. The molecule has 1 fully saturated rings. The molecule has 0 saturated heterocycles. The van der Waals surface area contributed by atoms with Crippen molar-refractivity contribution in [3.8, 4) is 0 Å². The summed E-state index contributed by atoms with van der Waals surface area (Å²) in [5, 5.41) is 0. The predicted molar refractivity (Wildman–Crippen MR) is 65.9 cm³/mol. The van der Waals surface area contributed by atoms with Crippen LogP contribution in [0.15, 0.2) is 18.2 Å². The largest absolute Gasteiger partial charge is 0.373 e. The van der Waals surface area contributed by atoms with Crippen LogP contribution in [-0.2, 0) is 11.3 Å². The normalized spacial score (nSPS) is 24.2. The second-order valence-electron chi connectivity index (χ2n) is 4.91. The number of ether oxygens (including phenoxy) is 1.